The molecule has 1 aromatic carbocycles. The number of non-ortho nitro benzene ring substituents is 1. The van der Waals surface area contributed by atoms with E-state index in [0.717, 1.165) is 0 Å². The lowest BCUT2D eigenvalue weighted by Gasteiger charge is -2.19. The number of rotatable bonds is 2. The average Bonchev–Trinajstić information content (AvgIpc) is 2.62. The molecule has 1 aliphatic rings. The van der Waals surface area contributed by atoms with Crippen LogP contribution in [0.25, 0.3) is 0 Å². The number of carbonyl (C=O) groups is 2. The molecule has 0 atom stereocenters. The predicted molar refractivity (Wildman–Crippen MR) is 71.6 cm³/mol. The topological polar surface area (TPSA) is 92.5 Å². The van der Waals surface area contributed by atoms with Crippen molar-refractivity contribution < 1.29 is 14.5 Å². The zero-order valence-electron chi connectivity index (χ0n) is 10.5. The zero-order chi connectivity index (χ0) is 14.7. The molecule has 1 saturated heterocycles. The van der Waals surface area contributed by atoms with Gasteiger partial charge < -0.3 is 10.2 Å². The van der Waals surface area contributed by atoms with Crippen molar-refractivity contribution >= 4 is 29.1 Å². The summed E-state index contributed by atoms with van der Waals surface area (Å²) in [7, 11) is 0. The maximum Gasteiger partial charge on any atom is 0.271 e. The smallest absolute Gasteiger partial charge is 0.271 e. The third-order valence-corrected chi connectivity index (χ3v) is 3.16. The quantitative estimate of drug-likeness (QED) is 0.656. The van der Waals surface area contributed by atoms with Crippen molar-refractivity contribution in [2.24, 2.45) is 0 Å². The van der Waals surface area contributed by atoms with Crippen molar-refractivity contribution in [3.63, 3.8) is 0 Å². The number of nitro groups is 1. The Morgan fingerprint density at radius 2 is 2.10 bits per heavy atom. The van der Waals surface area contributed by atoms with Crippen LogP contribution in [0.2, 0.25) is 5.02 Å². The van der Waals surface area contributed by atoms with Crippen molar-refractivity contribution in [3.8, 4) is 0 Å². The van der Waals surface area contributed by atoms with Crippen LogP contribution in [0.1, 0.15) is 16.8 Å². The number of nitro benzene ring substituents is 1. The minimum atomic E-state index is -0.601. The van der Waals surface area contributed by atoms with Gasteiger partial charge in [0.25, 0.3) is 11.6 Å². The van der Waals surface area contributed by atoms with E-state index in [-0.39, 0.29) is 41.1 Å². The number of amides is 2. The van der Waals surface area contributed by atoms with Gasteiger partial charge in [-0.3, -0.25) is 19.7 Å². The summed E-state index contributed by atoms with van der Waals surface area (Å²) in [6, 6.07) is 3.76. The third kappa shape index (κ3) is 3.24. The first-order valence-electron chi connectivity index (χ1n) is 5.98. The van der Waals surface area contributed by atoms with E-state index in [1.54, 1.807) is 0 Å². The number of halogens is 1. The lowest BCUT2D eigenvalue weighted by Crippen LogP contribution is -2.34. The van der Waals surface area contributed by atoms with Gasteiger partial charge in [-0.25, -0.2) is 0 Å². The Kier molecular flexibility index (Phi) is 4.19. The van der Waals surface area contributed by atoms with Gasteiger partial charge in [0.2, 0.25) is 5.91 Å². The van der Waals surface area contributed by atoms with Crippen molar-refractivity contribution in [1.29, 1.82) is 0 Å². The Bertz CT molecular complexity index is 576. The summed E-state index contributed by atoms with van der Waals surface area (Å²) >= 11 is 5.79. The molecule has 2 rings (SSSR count). The fourth-order valence-corrected chi connectivity index (χ4v) is 2.19. The number of hydrogen-bond acceptors (Lipinski definition) is 4. The van der Waals surface area contributed by atoms with Crippen LogP contribution in [0.4, 0.5) is 5.69 Å². The van der Waals surface area contributed by atoms with Gasteiger partial charge >= 0.3 is 0 Å². The number of hydrogen-bond donors (Lipinski definition) is 1. The number of nitrogens with one attached hydrogen (secondary N) is 1. The zero-order valence-corrected chi connectivity index (χ0v) is 11.2. The predicted octanol–water partition coefficient (Wildman–Crippen LogP) is 1.21. The van der Waals surface area contributed by atoms with Crippen molar-refractivity contribution in [2.45, 2.75) is 6.42 Å². The van der Waals surface area contributed by atoms with E-state index in [9.17, 15) is 19.7 Å². The van der Waals surface area contributed by atoms with Gasteiger partial charge in [-0.05, 0) is 6.07 Å². The highest BCUT2D eigenvalue weighted by Crippen LogP contribution is 2.22. The number of carbonyl (C=O) groups excluding carboxylic acids is 2. The molecular weight excluding hydrogens is 286 g/mol. The molecule has 1 aromatic rings. The first kappa shape index (κ1) is 14.3. The van der Waals surface area contributed by atoms with Crippen molar-refractivity contribution in [2.75, 3.05) is 19.6 Å². The summed E-state index contributed by atoms with van der Waals surface area (Å²) < 4.78 is 0. The fourth-order valence-electron chi connectivity index (χ4n) is 1.96. The van der Waals surface area contributed by atoms with Gasteiger partial charge in [-0.15, -0.1) is 0 Å². The fraction of sp³-hybridized carbons (Fsp3) is 0.333. The Morgan fingerprint density at radius 3 is 2.80 bits per heavy atom. The molecule has 0 spiro atoms. The molecule has 0 saturated carbocycles. The third-order valence-electron chi connectivity index (χ3n) is 2.94. The van der Waals surface area contributed by atoms with Gasteiger partial charge in [-0.2, -0.15) is 0 Å². The number of nitrogens with zero attached hydrogens (tertiary/aromatic N) is 2. The molecule has 1 N–H and O–H groups in total. The number of benzene rings is 1. The van der Waals surface area contributed by atoms with Crippen molar-refractivity contribution in [3.05, 3.63) is 38.9 Å². The molecule has 0 unspecified atom stereocenters. The molecule has 0 radical (unpaired) electrons. The molecular formula is C12H12ClN3O4. The molecule has 0 aliphatic carbocycles. The van der Waals surface area contributed by atoms with Crippen LogP contribution in [-0.2, 0) is 4.79 Å². The highest BCUT2D eigenvalue weighted by molar-refractivity contribution is 6.31. The van der Waals surface area contributed by atoms with Gasteiger partial charge in [0.15, 0.2) is 0 Å². The van der Waals surface area contributed by atoms with E-state index in [2.05, 4.69) is 5.32 Å². The van der Waals surface area contributed by atoms with Gasteiger partial charge in [0.05, 0.1) is 4.92 Å². The first-order valence-corrected chi connectivity index (χ1v) is 6.36. The second-order valence-corrected chi connectivity index (χ2v) is 4.78. The lowest BCUT2D eigenvalue weighted by molar-refractivity contribution is -0.384. The second kappa shape index (κ2) is 5.87. The monoisotopic (exact) mass is 297 g/mol. The summed E-state index contributed by atoms with van der Waals surface area (Å²) in [5.74, 6) is -0.482. The Morgan fingerprint density at radius 1 is 1.35 bits per heavy atom. The highest BCUT2D eigenvalue weighted by Gasteiger charge is 2.22. The standard InChI is InChI=1S/C12H12ClN3O4/c13-9-5-8(6-10(7-9)16(19)20)12(18)15-3-1-11(17)14-2-4-15/h5-7H,1-4H2,(H,14,17). The Hall–Kier alpha value is -2.15. The normalized spacial score (nSPS) is 15.4. The second-order valence-electron chi connectivity index (χ2n) is 4.35. The van der Waals surface area contributed by atoms with Crippen LogP contribution in [-0.4, -0.2) is 41.3 Å². The first-order chi connectivity index (χ1) is 9.47. The molecule has 20 heavy (non-hydrogen) atoms. The minimum absolute atomic E-state index is 0.114. The summed E-state index contributed by atoms with van der Waals surface area (Å²) in [6.07, 6.45) is 0.217. The largest absolute Gasteiger partial charge is 0.354 e. The van der Waals surface area contributed by atoms with Gasteiger partial charge in [0, 0.05) is 48.8 Å². The SMILES string of the molecule is O=C1CCN(C(=O)c2cc(Cl)cc([N+](=O)[O-])c2)CCN1. The van der Waals surface area contributed by atoms with Crippen LogP contribution in [0, 0.1) is 10.1 Å². The van der Waals surface area contributed by atoms with E-state index >= 15 is 0 Å². The van der Waals surface area contributed by atoms with Crippen LogP contribution in [0.3, 0.4) is 0 Å². The van der Waals surface area contributed by atoms with E-state index in [1.807, 2.05) is 0 Å². The molecule has 0 aromatic heterocycles. The van der Waals surface area contributed by atoms with Crippen LogP contribution < -0.4 is 5.32 Å². The molecule has 7 nitrogen and oxygen atoms in total. The van der Waals surface area contributed by atoms with E-state index < -0.39 is 4.92 Å². The highest BCUT2D eigenvalue weighted by atomic mass is 35.5. The van der Waals surface area contributed by atoms with Crippen LogP contribution in [0.5, 0.6) is 0 Å². The maximum atomic E-state index is 12.3. The summed E-state index contributed by atoms with van der Waals surface area (Å²) in [5, 5.41) is 13.6. The molecule has 0 bridgehead atoms. The minimum Gasteiger partial charge on any atom is -0.354 e. The van der Waals surface area contributed by atoms with Gasteiger partial charge in [0.1, 0.15) is 0 Å². The molecule has 1 fully saturated rings. The van der Waals surface area contributed by atoms with Crippen LogP contribution >= 0.6 is 11.6 Å². The Balaban J connectivity index is 2.24. The molecule has 8 heteroatoms. The van der Waals surface area contributed by atoms with E-state index in [1.165, 1.54) is 23.1 Å². The van der Waals surface area contributed by atoms with E-state index in [0.29, 0.717) is 13.1 Å². The summed E-state index contributed by atoms with van der Waals surface area (Å²) in [4.78, 5) is 35.2. The van der Waals surface area contributed by atoms with Crippen molar-refractivity contribution in [1.82, 2.24) is 10.2 Å². The Labute approximate surface area is 119 Å². The maximum absolute atomic E-state index is 12.3. The van der Waals surface area contributed by atoms with E-state index in [4.69, 9.17) is 11.6 Å². The molecule has 2 amide bonds. The molecule has 1 heterocycles. The summed E-state index contributed by atoms with van der Waals surface area (Å²) in [5.41, 5.74) is -0.0802. The average molecular weight is 298 g/mol. The molecule has 1 aliphatic heterocycles. The van der Waals surface area contributed by atoms with Crippen LogP contribution in [0.15, 0.2) is 18.2 Å². The molecule has 106 valence electrons. The lowest BCUT2D eigenvalue weighted by atomic mass is 10.1. The van der Waals surface area contributed by atoms with Gasteiger partial charge in [-0.1, -0.05) is 11.6 Å². The summed E-state index contributed by atoms with van der Waals surface area (Å²) in [6.45, 7) is 1.02.